The van der Waals surface area contributed by atoms with Gasteiger partial charge in [-0.2, -0.15) is 0 Å². The predicted molar refractivity (Wildman–Crippen MR) is 77.9 cm³/mol. The molecule has 0 aliphatic rings. The van der Waals surface area contributed by atoms with Crippen molar-refractivity contribution in [3.05, 3.63) is 0 Å². The predicted octanol–water partition coefficient (Wildman–Crippen LogP) is 3.72. The summed E-state index contributed by atoms with van der Waals surface area (Å²) in [4.78, 5) is 0. The minimum Gasteiger partial charge on any atom is -0.353 e. The molecule has 1 unspecified atom stereocenters. The minimum absolute atomic E-state index is 0.0419. The summed E-state index contributed by atoms with van der Waals surface area (Å²) in [6.45, 7) is 10.9. The van der Waals surface area contributed by atoms with Crippen molar-refractivity contribution in [1.29, 1.82) is 0 Å². The van der Waals surface area contributed by atoms with Crippen LogP contribution in [0.25, 0.3) is 0 Å². The third-order valence-corrected chi connectivity index (χ3v) is 3.07. The molecule has 0 aliphatic carbocycles. The number of rotatable bonds is 13. The highest BCUT2D eigenvalue weighted by molar-refractivity contribution is 4.61. The zero-order valence-electron chi connectivity index (χ0n) is 12.8. The molecule has 3 nitrogen and oxygen atoms in total. The molecule has 1 N–H and O–H groups in total. The third kappa shape index (κ3) is 11.0. The fourth-order valence-corrected chi connectivity index (χ4v) is 2.01. The quantitative estimate of drug-likeness (QED) is 0.404. The smallest absolute Gasteiger partial charge is 0.158 e. The second-order valence-corrected chi connectivity index (χ2v) is 4.83. The lowest BCUT2D eigenvalue weighted by atomic mass is 10.1. The number of hydrogen-bond donors (Lipinski definition) is 1. The van der Waals surface area contributed by atoms with Crippen LogP contribution in [0.5, 0.6) is 0 Å². The molecule has 0 saturated heterocycles. The molecule has 3 heteroatoms. The normalized spacial score (nSPS) is 13.2. The van der Waals surface area contributed by atoms with Gasteiger partial charge in [0, 0.05) is 32.2 Å². The van der Waals surface area contributed by atoms with Gasteiger partial charge in [0.25, 0.3) is 0 Å². The molecule has 1 atom stereocenters. The number of nitrogens with one attached hydrogen (secondary N) is 1. The Hall–Kier alpha value is -0.120. The van der Waals surface area contributed by atoms with Gasteiger partial charge in [0.15, 0.2) is 6.29 Å². The lowest BCUT2D eigenvalue weighted by Gasteiger charge is -2.19. The minimum atomic E-state index is -0.0419. The van der Waals surface area contributed by atoms with E-state index in [2.05, 4.69) is 19.2 Å². The molecule has 0 spiro atoms. The highest BCUT2D eigenvalue weighted by Crippen LogP contribution is 2.06. The van der Waals surface area contributed by atoms with Gasteiger partial charge in [-0.15, -0.1) is 0 Å². The highest BCUT2D eigenvalue weighted by atomic mass is 16.7. The van der Waals surface area contributed by atoms with Gasteiger partial charge in [0.1, 0.15) is 0 Å². The first kappa shape index (κ1) is 17.9. The first-order valence-corrected chi connectivity index (χ1v) is 7.71. The Morgan fingerprint density at radius 2 is 1.56 bits per heavy atom. The van der Waals surface area contributed by atoms with Crippen molar-refractivity contribution in [2.45, 2.75) is 78.6 Å². The zero-order chi connectivity index (χ0) is 13.6. The summed E-state index contributed by atoms with van der Waals surface area (Å²) >= 11 is 0. The van der Waals surface area contributed by atoms with Gasteiger partial charge < -0.3 is 14.8 Å². The molecular weight excluding hydrogens is 226 g/mol. The summed E-state index contributed by atoms with van der Waals surface area (Å²) in [7, 11) is 0. The van der Waals surface area contributed by atoms with E-state index < -0.39 is 0 Å². The molecule has 0 heterocycles. The fraction of sp³-hybridized carbons (Fsp3) is 1.00. The number of unbranched alkanes of at least 4 members (excludes halogenated alkanes) is 3. The highest BCUT2D eigenvalue weighted by Gasteiger charge is 2.08. The van der Waals surface area contributed by atoms with E-state index in [1.807, 2.05) is 13.8 Å². The molecule has 0 aromatic rings. The Balaban J connectivity index is 3.48. The van der Waals surface area contributed by atoms with Crippen LogP contribution in [-0.4, -0.2) is 32.1 Å². The molecule has 0 saturated carbocycles. The Kier molecular flexibility index (Phi) is 13.2. The first-order chi connectivity index (χ1) is 8.74. The van der Waals surface area contributed by atoms with Crippen LogP contribution in [-0.2, 0) is 9.47 Å². The van der Waals surface area contributed by atoms with E-state index in [1.165, 1.54) is 32.1 Å². The molecule has 0 aliphatic heterocycles. The lowest BCUT2D eigenvalue weighted by Crippen LogP contribution is -2.30. The van der Waals surface area contributed by atoms with Crippen molar-refractivity contribution in [3.63, 3.8) is 0 Å². The Labute approximate surface area is 114 Å². The summed E-state index contributed by atoms with van der Waals surface area (Å²) in [5, 5.41) is 3.55. The molecule has 0 fully saturated rings. The van der Waals surface area contributed by atoms with E-state index in [0.29, 0.717) is 6.04 Å². The Morgan fingerprint density at radius 3 is 2.11 bits per heavy atom. The van der Waals surface area contributed by atoms with Crippen LogP contribution in [0.2, 0.25) is 0 Å². The number of hydrogen-bond acceptors (Lipinski definition) is 3. The maximum absolute atomic E-state index is 5.52. The van der Waals surface area contributed by atoms with Crippen LogP contribution in [0.4, 0.5) is 0 Å². The maximum atomic E-state index is 5.52. The van der Waals surface area contributed by atoms with Gasteiger partial charge in [-0.1, -0.05) is 32.6 Å². The molecule has 0 rings (SSSR count). The molecule has 18 heavy (non-hydrogen) atoms. The van der Waals surface area contributed by atoms with Crippen molar-refractivity contribution in [2.24, 2.45) is 0 Å². The van der Waals surface area contributed by atoms with Crippen LogP contribution in [0.15, 0.2) is 0 Å². The monoisotopic (exact) mass is 259 g/mol. The summed E-state index contributed by atoms with van der Waals surface area (Å²) in [6, 6.07) is 0.603. The lowest BCUT2D eigenvalue weighted by molar-refractivity contribution is -0.138. The van der Waals surface area contributed by atoms with Gasteiger partial charge in [0.05, 0.1) is 0 Å². The second kappa shape index (κ2) is 13.3. The molecule has 0 aromatic heterocycles. The third-order valence-electron chi connectivity index (χ3n) is 3.07. The van der Waals surface area contributed by atoms with Crippen LogP contribution in [0.3, 0.4) is 0 Å². The summed E-state index contributed by atoms with van der Waals surface area (Å²) in [5.41, 5.74) is 0. The first-order valence-electron chi connectivity index (χ1n) is 7.71. The molecule has 0 bridgehead atoms. The maximum Gasteiger partial charge on any atom is 0.158 e. The molecule has 0 radical (unpaired) electrons. The van der Waals surface area contributed by atoms with E-state index >= 15 is 0 Å². The van der Waals surface area contributed by atoms with Crippen LogP contribution >= 0.6 is 0 Å². The summed E-state index contributed by atoms with van der Waals surface area (Å²) < 4.78 is 11.0. The van der Waals surface area contributed by atoms with Crippen molar-refractivity contribution < 1.29 is 9.47 Å². The standard InChI is InChI=1S/C15H33NO2/c1-5-8-9-10-11-14(4)16-13-12-15(17-6-2)18-7-3/h14-16H,5-13H2,1-4H3. The molecule has 110 valence electrons. The van der Waals surface area contributed by atoms with Crippen molar-refractivity contribution >= 4 is 0 Å². The van der Waals surface area contributed by atoms with E-state index in [1.54, 1.807) is 0 Å². The van der Waals surface area contributed by atoms with E-state index in [-0.39, 0.29) is 6.29 Å². The van der Waals surface area contributed by atoms with Crippen LogP contribution < -0.4 is 5.32 Å². The van der Waals surface area contributed by atoms with E-state index in [4.69, 9.17) is 9.47 Å². The topological polar surface area (TPSA) is 30.5 Å². The summed E-state index contributed by atoms with van der Waals surface area (Å²) in [6.07, 6.45) is 7.54. The average Bonchev–Trinajstić information content (AvgIpc) is 2.35. The Bertz CT molecular complexity index is 159. The van der Waals surface area contributed by atoms with Crippen molar-refractivity contribution in [1.82, 2.24) is 5.32 Å². The van der Waals surface area contributed by atoms with Crippen molar-refractivity contribution in [2.75, 3.05) is 19.8 Å². The van der Waals surface area contributed by atoms with Crippen LogP contribution in [0.1, 0.15) is 66.2 Å². The molecular formula is C15H33NO2. The van der Waals surface area contributed by atoms with Gasteiger partial charge in [-0.05, 0) is 27.2 Å². The van der Waals surface area contributed by atoms with E-state index in [0.717, 1.165) is 26.2 Å². The molecule has 0 aromatic carbocycles. The van der Waals surface area contributed by atoms with Gasteiger partial charge >= 0.3 is 0 Å². The van der Waals surface area contributed by atoms with Crippen molar-refractivity contribution in [3.8, 4) is 0 Å². The SMILES string of the molecule is CCCCCCC(C)NCCC(OCC)OCC. The molecule has 0 amide bonds. The zero-order valence-corrected chi connectivity index (χ0v) is 12.8. The Morgan fingerprint density at radius 1 is 0.889 bits per heavy atom. The average molecular weight is 259 g/mol. The van der Waals surface area contributed by atoms with Gasteiger partial charge in [0.2, 0.25) is 0 Å². The largest absolute Gasteiger partial charge is 0.353 e. The van der Waals surface area contributed by atoms with Gasteiger partial charge in [-0.3, -0.25) is 0 Å². The van der Waals surface area contributed by atoms with Gasteiger partial charge in [-0.25, -0.2) is 0 Å². The fourth-order valence-electron chi connectivity index (χ4n) is 2.01. The second-order valence-electron chi connectivity index (χ2n) is 4.83. The summed E-state index contributed by atoms with van der Waals surface area (Å²) in [5.74, 6) is 0. The van der Waals surface area contributed by atoms with Crippen LogP contribution in [0, 0.1) is 0 Å². The number of ether oxygens (including phenoxy) is 2. The van der Waals surface area contributed by atoms with E-state index in [9.17, 15) is 0 Å².